The van der Waals surface area contributed by atoms with Gasteiger partial charge in [0.1, 0.15) is 5.75 Å². The molecular formula is C17H14F2O4. The standard InChI is InChI=1S/C17H14F2O4/c1-22-16-9-11(6-8-15(16)23-17(18)19)5-7-14(21)12-3-2-4-13(20)10-12/h2-10,17,20H,1H3/b7-5+. The molecule has 2 rings (SSSR count). The van der Waals surface area contributed by atoms with Crippen molar-refractivity contribution < 1.29 is 28.2 Å². The number of allylic oxidation sites excluding steroid dienone is 1. The van der Waals surface area contributed by atoms with E-state index in [1.54, 1.807) is 12.1 Å². The van der Waals surface area contributed by atoms with Crippen LogP contribution >= 0.6 is 0 Å². The van der Waals surface area contributed by atoms with E-state index in [2.05, 4.69) is 4.74 Å². The summed E-state index contributed by atoms with van der Waals surface area (Å²) in [6.45, 7) is -2.95. The normalized spacial score (nSPS) is 11.0. The molecule has 23 heavy (non-hydrogen) atoms. The van der Waals surface area contributed by atoms with E-state index in [4.69, 9.17) is 4.74 Å². The Morgan fingerprint density at radius 1 is 1.17 bits per heavy atom. The van der Waals surface area contributed by atoms with Crippen LogP contribution in [0.15, 0.2) is 48.5 Å². The second kappa shape index (κ2) is 7.40. The van der Waals surface area contributed by atoms with Crippen molar-refractivity contribution in [3.8, 4) is 17.2 Å². The summed E-state index contributed by atoms with van der Waals surface area (Å²) in [5.41, 5.74) is 0.919. The molecule has 2 aromatic rings. The summed E-state index contributed by atoms with van der Waals surface area (Å²) in [5.74, 6) is -0.247. The summed E-state index contributed by atoms with van der Waals surface area (Å²) in [7, 11) is 1.33. The lowest BCUT2D eigenvalue weighted by Gasteiger charge is -2.10. The fourth-order valence-electron chi connectivity index (χ4n) is 1.91. The number of benzene rings is 2. The Labute approximate surface area is 131 Å². The molecule has 0 saturated heterocycles. The summed E-state index contributed by atoms with van der Waals surface area (Å²) < 4.78 is 33.8. The van der Waals surface area contributed by atoms with Crippen LogP contribution in [-0.2, 0) is 0 Å². The fourth-order valence-corrected chi connectivity index (χ4v) is 1.91. The van der Waals surface area contributed by atoms with Gasteiger partial charge < -0.3 is 14.6 Å². The van der Waals surface area contributed by atoms with Gasteiger partial charge in [0, 0.05) is 5.56 Å². The minimum absolute atomic E-state index is 0.000537. The minimum Gasteiger partial charge on any atom is -0.508 e. The van der Waals surface area contributed by atoms with Crippen LogP contribution in [0.1, 0.15) is 15.9 Å². The number of carbonyl (C=O) groups is 1. The molecule has 0 aromatic heterocycles. The summed E-state index contributed by atoms with van der Waals surface area (Å²) in [5, 5.41) is 9.35. The summed E-state index contributed by atoms with van der Waals surface area (Å²) in [6.07, 6.45) is 2.83. The SMILES string of the molecule is COc1cc(/C=C/C(=O)c2cccc(O)c2)ccc1OC(F)F. The van der Waals surface area contributed by atoms with Crippen molar-refractivity contribution >= 4 is 11.9 Å². The maximum absolute atomic E-state index is 12.3. The molecule has 0 fully saturated rings. The Morgan fingerprint density at radius 3 is 2.61 bits per heavy atom. The second-order valence-corrected chi connectivity index (χ2v) is 4.54. The third-order valence-corrected chi connectivity index (χ3v) is 2.96. The average Bonchev–Trinajstić information content (AvgIpc) is 2.53. The average molecular weight is 320 g/mol. The number of aromatic hydroxyl groups is 1. The van der Waals surface area contributed by atoms with Gasteiger partial charge in [0.15, 0.2) is 17.3 Å². The smallest absolute Gasteiger partial charge is 0.387 e. The molecule has 0 bridgehead atoms. The molecule has 6 heteroatoms. The van der Waals surface area contributed by atoms with E-state index in [9.17, 15) is 18.7 Å². The highest BCUT2D eigenvalue weighted by Gasteiger charge is 2.10. The number of phenolic OH excluding ortho intramolecular Hbond substituents is 1. The van der Waals surface area contributed by atoms with Crippen molar-refractivity contribution in [2.24, 2.45) is 0 Å². The minimum atomic E-state index is -2.95. The van der Waals surface area contributed by atoms with Gasteiger partial charge in [-0.15, -0.1) is 0 Å². The van der Waals surface area contributed by atoms with Crippen LogP contribution in [0.25, 0.3) is 6.08 Å². The summed E-state index contributed by atoms with van der Waals surface area (Å²) in [6, 6.07) is 10.3. The maximum atomic E-state index is 12.3. The molecule has 0 spiro atoms. The van der Waals surface area contributed by atoms with E-state index in [0.717, 1.165) is 0 Å². The van der Waals surface area contributed by atoms with Gasteiger partial charge in [0.05, 0.1) is 7.11 Å². The van der Waals surface area contributed by atoms with Crippen molar-refractivity contribution in [2.75, 3.05) is 7.11 Å². The van der Waals surface area contributed by atoms with Gasteiger partial charge in [-0.2, -0.15) is 8.78 Å². The molecule has 2 aromatic carbocycles. The molecule has 0 unspecified atom stereocenters. The van der Waals surface area contributed by atoms with E-state index < -0.39 is 6.61 Å². The number of ether oxygens (including phenoxy) is 2. The fraction of sp³-hybridized carbons (Fsp3) is 0.118. The number of halogens is 2. The Bertz CT molecular complexity index is 726. The highest BCUT2D eigenvalue weighted by Crippen LogP contribution is 2.29. The predicted molar refractivity (Wildman–Crippen MR) is 81.1 cm³/mol. The van der Waals surface area contributed by atoms with Crippen molar-refractivity contribution in [2.45, 2.75) is 6.61 Å². The first-order chi connectivity index (χ1) is 11.0. The zero-order valence-electron chi connectivity index (χ0n) is 12.2. The monoisotopic (exact) mass is 320 g/mol. The Morgan fingerprint density at radius 2 is 1.96 bits per heavy atom. The number of alkyl halides is 2. The van der Waals surface area contributed by atoms with Crippen LogP contribution in [0.3, 0.4) is 0 Å². The first-order valence-electron chi connectivity index (χ1n) is 6.64. The molecule has 4 nitrogen and oxygen atoms in total. The molecule has 0 saturated carbocycles. The summed E-state index contributed by atoms with van der Waals surface area (Å²) >= 11 is 0. The number of methoxy groups -OCH3 is 1. The van der Waals surface area contributed by atoms with E-state index in [0.29, 0.717) is 11.1 Å². The van der Waals surface area contributed by atoms with Gasteiger partial charge in [0.2, 0.25) is 0 Å². The van der Waals surface area contributed by atoms with Crippen LogP contribution < -0.4 is 9.47 Å². The third kappa shape index (κ3) is 4.54. The molecular weight excluding hydrogens is 306 g/mol. The highest BCUT2D eigenvalue weighted by atomic mass is 19.3. The highest BCUT2D eigenvalue weighted by molar-refractivity contribution is 6.07. The van der Waals surface area contributed by atoms with Crippen molar-refractivity contribution in [1.29, 1.82) is 0 Å². The van der Waals surface area contributed by atoms with Crippen molar-refractivity contribution in [3.63, 3.8) is 0 Å². The number of rotatable bonds is 6. The molecule has 0 atom stereocenters. The molecule has 0 aliphatic heterocycles. The van der Waals surface area contributed by atoms with Crippen LogP contribution in [0.2, 0.25) is 0 Å². The molecule has 1 N–H and O–H groups in total. The molecule has 0 aliphatic carbocycles. The van der Waals surface area contributed by atoms with Crippen LogP contribution in [0, 0.1) is 0 Å². The zero-order chi connectivity index (χ0) is 16.8. The number of phenols is 1. The first kappa shape index (κ1) is 16.5. The summed E-state index contributed by atoms with van der Waals surface area (Å²) in [4.78, 5) is 12.0. The van der Waals surface area contributed by atoms with Crippen LogP contribution in [-0.4, -0.2) is 24.6 Å². The number of carbonyl (C=O) groups excluding carboxylic acids is 1. The third-order valence-electron chi connectivity index (χ3n) is 2.96. The molecule has 0 aliphatic rings. The van der Waals surface area contributed by atoms with Crippen LogP contribution in [0.4, 0.5) is 8.78 Å². The lowest BCUT2D eigenvalue weighted by Crippen LogP contribution is -2.03. The van der Waals surface area contributed by atoms with E-state index in [1.165, 1.54) is 49.6 Å². The molecule has 120 valence electrons. The molecule has 0 radical (unpaired) electrons. The largest absolute Gasteiger partial charge is 0.508 e. The first-order valence-corrected chi connectivity index (χ1v) is 6.64. The molecule has 0 heterocycles. The van der Waals surface area contributed by atoms with Gasteiger partial charge in [0.25, 0.3) is 0 Å². The van der Waals surface area contributed by atoms with Gasteiger partial charge >= 0.3 is 6.61 Å². The van der Waals surface area contributed by atoms with Crippen LogP contribution in [0.5, 0.6) is 17.2 Å². The van der Waals surface area contributed by atoms with Gasteiger partial charge in [-0.05, 0) is 35.9 Å². The molecule has 0 amide bonds. The maximum Gasteiger partial charge on any atom is 0.387 e. The van der Waals surface area contributed by atoms with Gasteiger partial charge in [-0.1, -0.05) is 24.3 Å². The Balaban J connectivity index is 2.17. The van der Waals surface area contributed by atoms with E-state index in [1.807, 2.05) is 0 Å². The van der Waals surface area contributed by atoms with Gasteiger partial charge in [-0.25, -0.2) is 0 Å². The topological polar surface area (TPSA) is 55.8 Å². The van der Waals surface area contributed by atoms with Gasteiger partial charge in [-0.3, -0.25) is 4.79 Å². The van der Waals surface area contributed by atoms with E-state index >= 15 is 0 Å². The zero-order valence-corrected chi connectivity index (χ0v) is 12.2. The number of hydrogen-bond donors (Lipinski definition) is 1. The number of hydrogen-bond acceptors (Lipinski definition) is 4. The Kier molecular flexibility index (Phi) is 5.30. The number of ketones is 1. The Hall–Kier alpha value is -2.89. The van der Waals surface area contributed by atoms with E-state index in [-0.39, 0.29) is 23.0 Å². The second-order valence-electron chi connectivity index (χ2n) is 4.54. The lowest BCUT2D eigenvalue weighted by atomic mass is 10.1. The lowest BCUT2D eigenvalue weighted by molar-refractivity contribution is -0.0512. The van der Waals surface area contributed by atoms with Crippen molar-refractivity contribution in [1.82, 2.24) is 0 Å². The quantitative estimate of drug-likeness (QED) is 0.648. The predicted octanol–water partition coefficient (Wildman–Crippen LogP) is 3.90. The van der Waals surface area contributed by atoms with Crippen molar-refractivity contribution in [3.05, 3.63) is 59.7 Å².